The zero-order chi connectivity index (χ0) is 24.0. The van der Waals surface area contributed by atoms with Crippen molar-refractivity contribution in [2.75, 3.05) is 32.0 Å². The highest BCUT2D eigenvalue weighted by Gasteiger charge is 2.19. The van der Waals surface area contributed by atoms with Crippen LogP contribution in [-0.4, -0.2) is 50.3 Å². The first-order chi connectivity index (χ1) is 16.4. The van der Waals surface area contributed by atoms with Gasteiger partial charge in [0.25, 0.3) is 0 Å². The van der Waals surface area contributed by atoms with Crippen molar-refractivity contribution in [2.24, 2.45) is 11.1 Å². The van der Waals surface area contributed by atoms with Crippen molar-refractivity contribution in [3.05, 3.63) is 71.4 Å². The number of ether oxygens (including phenoxy) is 1. The van der Waals surface area contributed by atoms with Gasteiger partial charge < -0.3 is 4.74 Å². The smallest absolute Gasteiger partial charge is 0.209 e. The summed E-state index contributed by atoms with van der Waals surface area (Å²) in [5, 5.41) is 6.18. The molecule has 182 valence electrons. The fraction of sp³-hybridized carbons (Fsp3) is 0.444. The first-order valence-corrected chi connectivity index (χ1v) is 13.9. The van der Waals surface area contributed by atoms with E-state index in [-0.39, 0.29) is 5.75 Å². The molecular formula is C27H35N3O3S. The van der Waals surface area contributed by atoms with Crippen LogP contribution in [-0.2, 0) is 22.9 Å². The summed E-state index contributed by atoms with van der Waals surface area (Å²) in [7, 11) is -3.38. The normalized spacial score (nSPS) is 15.6. The molecule has 6 nitrogen and oxygen atoms in total. The molecule has 2 aromatic carbocycles. The zero-order valence-corrected chi connectivity index (χ0v) is 20.8. The number of piperidine rings is 1. The molecule has 1 aliphatic heterocycles. The third-order valence-corrected chi connectivity index (χ3v) is 7.47. The van der Waals surface area contributed by atoms with E-state index in [1.165, 1.54) is 24.0 Å². The van der Waals surface area contributed by atoms with Gasteiger partial charge >= 0.3 is 0 Å². The number of rotatable bonds is 10. The number of likely N-dealkylation sites (tertiary alicyclic amines) is 1. The minimum atomic E-state index is -3.38. The second-order valence-corrected chi connectivity index (χ2v) is 11.1. The summed E-state index contributed by atoms with van der Waals surface area (Å²) in [6, 6.07) is 18.7. The molecule has 0 bridgehead atoms. The summed E-state index contributed by atoms with van der Waals surface area (Å²) in [5.41, 5.74) is 4.53. The van der Waals surface area contributed by atoms with Crippen LogP contribution in [0, 0.1) is 12.8 Å². The number of nitrogens with zero attached hydrogens (tertiary/aromatic N) is 2. The largest absolute Gasteiger partial charge is 0.492 e. The van der Waals surface area contributed by atoms with Crippen molar-refractivity contribution < 1.29 is 13.2 Å². The van der Waals surface area contributed by atoms with E-state index in [9.17, 15) is 8.42 Å². The molecule has 1 saturated heterocycles. The first kappa shape index (κ1) is 24.6. The molecule has 3 aromatic rings. The molecule has 1 aliphatic rings. The van der Waals surface area contributed by atoms with Crippen LogP contribution in [0.3, 0.4) is 0 Å². The Morgan fingerprint density at radius 2 is 1.82 bits per heavy atom. The van der Waals surface area contributed by atoms with Crippen molar-refractivity contribution in [1.82, 2.24) is 9.88 Å². The summed E-state index contributed by atoms with van der Waals surface area (Å²) >= 11 is 0. The maximum absolute atomic E-state index is 11.1. The Morgan fingerprint density at radius 1 is 1.06 bits per heavy atom. The summed E-state index contributed by atoms with van der Waals surface area (Å²) in [4.78, 5) is 7.08. The summed E-state index contributed by atoms with van der Waals surface area (Å²) < 4.78 is 28.4. The Bertz CT molecular complexity index is 1200. The standard InChI is InChI=1S/C27H35N3O3S/c1-21-10-11-25-26(29-21)8-3-9-27(25)33-17-16-30-14-12-23(13-15-30)20-24-6-2-5-22(19-24)7-4-18-34(28,31)32/h2-3,5-6,8-11,19,23H,4,7,12-18,20H2,1H3,(H2,28,31,32). The van der Waals surface area contributed by atoms with E-state index >= 15 is 0 Å². The van der Waals surface area contributed by atoms with Gasteiger partial charge in [-0.05, 0) is 93.4 Å². The SMILES string of the molecule is Cc1ccc2c(OCCN3CCC(Cc4cccc(CCCS(N)(=O)=O)c4)CC3)cccc2n1. The van der Waals surface area contributed by atoms with E-state index in [1.807, 2.05) is 31.2 Å². The average Bonchev–Trinajstić information content (AvgIpc) is 2.79. The van der Waals surface area contributed by atoms with E-state index < -0.39 is 10.0 Å². The maximum atomic E-state index is 11.1. The lowest BCUT2D eigenvalue weighted by Crippen LogP contribution is -2.37. The molecule has 7 heteroatoms. The Kier molecular flexibility index (Phi) is 8.19. The van der Waals surface area contributed by atoms with Gasteiger partial charge in [0.05, 0.1) is 11.3 Å². The maximum Gasteiger partial charge on any atom is 0.209 e. The molecule has 0 radical (unpaired) electrons. The number of aromatic nitrogens is 1. The summed E-state index contributed by atoms with van der Waals surface area (Å²) in [5.74, 6) is 1.63. The molecule has 2 heterocycles. The lowest BCUT2D eigenvalue weighted by Gasteiger charge is -2.32. The van der Waals surface area contributed by atoms with Gasteiger partial charge in [0, 0.05) is 17.6 Å². The quantitative estimate of drug-likeness (QED) is 0.471. The minimum absolute atomic E-state index is 0.0382. The van der Waals surface area contributed by atoms with Crippen LogP contribution in [0.25, 0.3) is 10.9 Å². The Balaban J connectivity index is 1.20. The van der Waals surface area contributed by atoms with E-state index in [1.54, 1.807) is 0 Å². The van der Waals surface area contributed by atoms with Crippen LogP contribution in [0.15, 0.2) is 54.6 Å². The van der Waals surface area contributed by atoms with Gasteiger partial charge in [0.15, 0.2) is 0 Å². The number of benzene rings is 2. The predicted molar refractivity (Wildman–Crippen MR) is 138 cm³/mol. The molecular weight excluding hydrogens is 446 g/mol. The van der Waals surface area contributed by atoms with Gasteiger partial charge in [-0.1, -0.05) is 30.3 Å². The van der Waals surface area contributed by atoms with Gasteiger partial charge in [-0.25, -0.2) is 13.6 Å². The molecule has 34 heavy (non-hydrogen) atoms. The van der Waals surface area contributed by atoms with Gasteiger partial charge in [-0.3, -0.25) is 9.88 Å². The molecule has 0 unspecified atom stereocenters. The minimum Gasteiger partial charge on any atom is -0.492 e. The van der Waals surface area contributed by atoms with E-state index in [0.717, 1.165) is 54.8 Å². The number of hydrogen-bond acceptors (Lipinski definition) is 5. The molecule has 2 N–H and O–H groups in total. The van der Waals surface area contributed by atoms with Crippen LogP contribution >= 0.6 is 0 Å². The molecule has 0 atom stereocenters. The van der Waals surface area contributed by atoms with Crippen molar-refractivity contribution in [3.8, 4) is 5.75 Å². The average molecular weight is 482 g/mol. The number of hydrogen-bond donors (Lipinski definition) is 1. The molecule has 4 rings (SSSR count). The highest BCUT2D eigenvalue weighted by Crippen LogP contribution is 2.25. The highest BCUT2D eigenvalue weighted by atomic mass is 32.2. The Morgan fingerprint density at radius 3 is 2.62 bits per heavy atom. The topological polar surface area (TPSA) is 85.5 Å². The zero-order valence-electron chi connectivity index (χ0n) is 19.9. The van der Waals surface area contributed by atoms with Crippen molar-refractivity contribution in [1.29, 1.82) is 0 Å². The number of pyridine rings is 1. The molecule has 1 fully saturated rings. The fourth-order valence-electron chi connectivity index (χ4n) is 4.78. The van der Waals surface area contributed by atoms with E-state index in [0.29, 0.717) is 18.9 Å². The molecule has 1 aromatic heterocycles. The van der Waals surface area contributed by atoms with Crippen LogP contribution in [0.5, 0.6) is 5.75 Å². The second kappa shape index (κ2) is 11.3. The van der Waals surface area contributed by atoms with Gasteiger partial charge in [-0.15, -0.1) is 0 Å². The van der Waals surface area contributed by atoms with Gasteiger partial charge in [-0.2, -0.15) is 0 Å². The van der Waals surface area contributed by atoms with Crippen LogP contribution in [0.1, 0.15) is 36.1 Å². The molecule has 0 spiro atoms. The fourth-order valence-corrected chi connectivity index (χ4v) is 5.32. The number of sulfonamides is 1. The third-order valence-electron chi connectivity index (χ3n) is 6.61. The number of nitrogens with two attached hydrogens (primary N) is 1. The highest BCUT2D eigenvalue weighted by molar-refractivity contribution is 7.89. The van der Waals surface area contributed by atoms with Crippen molar-refractivity contribution in [2.45, 2.75) is 39.0 Å². The first-order valence-electron chi connectivity index (χ1n) is 12.2. The summed E-state index contributed by atoms with van der Waals surface area (Å²) in [6.45, 7) is 5.81. The van der Waals surface area contributed by atoms with Gasteiger partial charge in [0.1, 0.15) is 12.4 Å². The van der Waals surface area contributed by atoms with Crippen LogP contribution in [0.2, 0.25) is 0 Å². The molecule has 0 aliphatic carbocycles. The van der Waals surface area contributed by atoms with E-state index in [4.69, 9.17) is 9.88 Å². The molecule has 0 saturated carbocycles. The number of primary sulfonamides is 1. The Hall–Kier alpha value is -2.48. The molecule has 0 amide bonds. The van der Waals surface area contributed by atoms with Gasteiger partial charge in [0.2, 0.25) is 10.0 Å². The van der Waals surface area contributed by atoms with Crippen molar-refractivity contribution >= 4 is 20.9 Å². The Labute approximate surface area is 203 Å². The predicted octanol–water partition coefficient (Wildman–Crippen LogP) is 4.10. The van der Waals surface area contributed by atoms with Crippen molar-refractivity contribution in [3.63, 3.8) is 0 Å². The lowest BCUT2D eigenvalue weighted by atomic mass is 9.89. The van der Waals surface area contributed by atoms with Crippen LogP contribution < -0.4 is 9.88 Å². The van der Waals surface area contributed by atoms with Crippen LogP contribution in [0.4, 0.5) is 0 Å². The number of fused-ring (bicyclic) bond motifs is 1. The second-order valence-electron chi connectivity index (χ2n) is 9.40. The van der Waals surface area contributed by atoms with E-state index in [2.05, 4.69) is 40.2 Å². The third kappa shape index (κ3) is 7.26. The number of aryl methyl sites for hydroxylation is 2. The summed E-state index contributed by atoms with van der Waals surface area (Å²) in [6.07, 6.45) is 4.77. The monoisotopic (exact) mass is 481 g/mol. The lowest BCUT2D eigenvalue weighted by molar-refractivity contribution is 0.155.